The molecule has 1 aromatic rings. The molecule has 1 fully saturated rings. The van der Waals surface area contributed by atoms with Gasteiger partial charge in [-0.15, -0.1) is 0 Å². The molecular weight excluding hydrogens is 256 g/mol. The number of amides is 1. The molecular formula is C15H18N2O3. The van der Waals surface area contributed by atoms with Crippen molar-refractivity contribution in [1.29, 1.82) is 5.26 Å². The van der Waals surface area contributed by atoms with E-state index in [1.54, 1.807) is 36.3 Å². The Bertz CT molecular complexity index is 510. The maximum Gasteiger partial charge on any atom is 0.260 e. The number of nitriles is 1. The fourth-order valence-electron chi connectivity index (χ4n) is 2.35. The number of hydrogen-bond donors (Lipinski definition) is 0. The number of nitrogens with zero attached hydrogens (tertiary/aromatic N) is 2. The van der Waals surface area contributed by atoms with Gasteiger partial charge in [-0.25, -0.2) is 0 Å². The minimum atomic E-state index is -0.0451. The standard InChI is InChI=1S/C15H18N2O3/c1-19-10-12-6-7-17(9-12)15(18)11-20-14-5-3-2-4-13(14)8-16/h2-5,12H,6-7,9-11H2,1H3. The Hall–Kier alpha value is -2.06. The molecule has 0 spiro atoms. The number of hydrogen-bond acceptors (Lipinski definition) is 4. The lowest BCUT2D eigenvalue weighted by molar-refractivity contribution is -0.132. The average Bonchev–Trinajstić information content (AvgIpc) is 2.94. The Morgan fingerprint density at radius 2 is 2.30 bits per heavy atom. The SMILES string of the molecule is COCC1CCN(C(=O)COc2ccccc2C#N)C1. The van der Waals surface area contributed by atoms with Crippen molar-refractivity contribution in [2.75, 3.05) is 33.4 Å². The first-order valence-corrected chi connectivity index (χ1v) is 6.63. The summed E-state index contributed by atoms with van der Waals surface area (Å²) in [6.45, 7) is 2.12. The van der Waals surface area contributed by atoms with Gasteiger partial charge < -0.3 is 14.4 Å². The van der Waals surface area contributed by atoms with Crippen molar-refractivity contribution in [3.63, 3.8) is 0 Å². The molecule has 5 nitrogen and oxygen atoms in total. The molecule has 1 saturated heterocycles. The van der Waals surface area contributed by atoms with Crippen LogP contribution in [0, 0.1) is 17.2 Å². The Morgan fingerprint density at radius 1 is 1.50 bits per heavy atom. The van der Waals surface area contributed by atoms with Crippen molar-refractivity contribution in [3.8, 4) is 11.8 Å². The van der Waals surface area contributed by atoms with E-state index in [1.165, 1.54) is 0 Å². The van der Waals surface area contributed by atoms with Gasteiger partial charge in [-0.3, -0.25) is 4.79 Å². The van der Waals surface area contributed by atoms with Gasteiger partial charge in [0.05, 0.1) is 12.2 Å². The summed E-state index contributed by atoms with van der Waals surface area (Å²) in [6.07, 6.45) is 0.967. The summed E-state index contributed by atoms with van der Waals surface area (Å²) in [7, 11) is 1.67. The zero-order chi connectivity index (χ0) is 14.4. The van der Waals surface area contributed by atoms with Crippen LogP contribution in [0.15, 0.2) is 24.3 Å². The van der Waals surface area contributed by atoms with Crippen LogP contribution in [-0.2, 0) is 9.53 Å². The summed E-state index contributed by atoms with van der Waals surface area (Å²) in [5.74, 6) is 0.822. The van der Waals surface area contributed by atoms with Gasteiger partial charge in [0.2, 0.25) is 0 Å². The lowest BCUT2D eigenvalue weighted by Crippen LogP contribution is -2.33. The smallest absolute Gasteiger partial charge is 0.260 e. The number of para-hydroxylation sites is 1. The predicted octanol–water partition coefficient (Wildman–Crippen LogP) is 1.43. The van der Waals surface area contributed by atoms with E-state index in [1.807, 2.05) is 6.07 Å². The minimum absolute atomic E-state index is 0.0294. The first-order valence-electron chi connectivity index (χ1n) is 6.63. The molecule has 0 aliphatic carbocycles. The second kappa shape index (κ2) is 6.92. The van der Waals surface area contributed by atoms with Crippen LogP contribution >= 0.6 is 0 Å². The molecule has 1 aliphatic heterocycles. The van der Waals surface area contributed by atoms with E-state index in [9.17, 15) is 4.79 Å². The lowest BCUT2D eigenvalue weighted by Gasteiger charge is -2.17. The summed E-state index contributed by atoms with van der Waals surface area (Å²) in [4.78, 5) is 13.8. The van der Waals surface area contributed by atoms with Crippen LogP contribution in [0.1, 0.15) is 12.0 Å². The molecule has 1 aliphatic rings. The van der Waals surface area contributed by atoms with Crippen molar-refractivity contribution in [2.24, 2.45) is 5.92 Å². The Kier molecular flexibility index (Phi) is 4.97. The van der Waals surface area contributed by atoms with Crippen molar-refractivity contribution in [1.82, 2.24) is 4.90 Å². The predicted molar refractivity (Wildman–Crippen MR) is 73.2 cm³/mol. The molecule has 0 aromatic heterocycles. The van der Waals surface area contributed by atoms with Crippen molar-refractivity contribution in [2.45, 2.75) is 6.42 Å². The van der Waals surface area contributed by atoms with Gasteiger partial charge in [-0.05, 0) is 18.6 Å². The number of carbonyl (C=O) groups excluding carboxylic acids is 1. The van der Waals surface area contributed by atoms with Crippen LogP contribution in [0.5, 0.6) is 5.75 Å². The van der Waals surface area contributed by atoms with E-state index >= 15 is 0 Å². The summed E-state index contributed by atoms with van der Waals surface area (Å²) < 4.78 is 10.6. The lowest BCUT2D eigenvalue weighted by atomic mass is 10.1. The first-order chi connectivity index (χ1) is 9.74. The molecule has 1 unspecified atom stereocenters. The molecule has 2 rings (SSSR count). The van der Waals surface area contributed by atoms with Crippen molar-refractivity contribution in [3.05, 3.63) is 29.8 Å². The van der Waals surface area contributed by atoms with Crippen molar-refractivity contribution < 1.29 is 14.3 Å². The highest BCUT2D eigenvalue weighted by molar-refractivity contribution is 5.78. The molecule has 1 amide bonds. The second-order valence-electron chi connectivity index (χ2n) is 4.85. The summed E-state index contributed by atoms with van der Waals surface area (Å²) in [5.41, 5.74) is 0.444. The van der Waals surface area contributed by atoms with Crippen LogP contribution in [0.25, 0.3) is 0 Å². The molecule has 106 valence electrons. The third-order valence-electron chi connectivity index (χ3n) is 3.40. The maximum absolute atomic E-state index is 12.0. The molecule has 1 heterocycles. The monoisotopic (exact) mass is 274 g/mol. The van der Waals surface area contributed by atoms with Gasteiger partial charge in [0.1, 0.15) is 11.8 Å². The fourth-order valence-corrected chi connectivity index (χ4v) is 2.35. The topological polar surface area (TPSA) is 62.6 Å². The molecule has 1 atom stereocenters. The van der Waals surface area contributed by atoms with Gasteiger partial charge in [0, 0.05) is 26.1 Å². The molecule has 20 heavy (non-hydrogen) atoms. The number of rotatable bonds is 5. The third-order valence-corrected chi connectivity index (χ3v) is 3.40. The van der Waals surface area contributed by atoms with Gasteiger partial charge in [-0.2, -0.15) is 5.26 Å². The van der Waals surface area contributed by atoms with Crippen LogP contribution in [0.3, 0.4) is 0 Å². The first kappa shape index (κ1) is 14.4. The van der Waals surface area contributed by atoms with Gasteiger partial charge >= 0.3 is 0 Å². The van der Waals surface area contributed by atoms with E-state index in [2.05, 4.69) is 0 Å². The molecule has 0 bridgehead atoms. The summed E-state index contributed by atoms with van der Waals surface area (Å²) in [6, 6.07) is 8.96. The van der Waals surface area contributed by atoms with E-state index in [0.717, 1.165) is 19.5 Å². The highest BCUT2D eigenvalue weighted by atomic mass is 16.5. The Balaban J connectivity index is 1.85. The molecule has 0 saturated carbocycles. The zero-order valence-corrected chi connectivity index (χ0v) is 11.5. The quantitative estimate of drug-likeness (QED) is 0.815. The van der Waals surface area contributed by atoms with E-state index in [0.29, 0.717) is 23.8 Å². The normalized spacial score (nSPS) is 17.8. The van der Waals surface area contributed by atoms with E-state index in [-0.39, 0.29) is 12.5 Å². The van der Waals surface area contributed by atoms with E-state index < -0.39 is 0 Å². The van der Waals surface area contributed by atoms with Gasteiger partial charge in [-0.1, -0.05) is 12.1 Å². The molecule has 0 radical (unpaired) electrons. The Morgan fingerprint density at radius 3 is 3.05 bits per heavy atom. The van der Waals surface area contributed by atoms with Crippen LogP contribution in [-0.4, -0.2) is 44.2 Å². The highest BCUT2D eigenvalue weighted by Gasteiger charge is 2.26. The molecule has 0 N–H and O–H groups in total. The largest absolute Gasteiger partial charge is 0.482 e. The summed E-state index contributed by atoms with van der Waals surface area (Å²) in [5, 5.41) is 8.95. The number of carbonyl (C=O) groups is 1. The second-order valence-corrected chi connectivity index (χ2v) is 4.85. The Labute approximate surface area is 118 Å². The van der Waals surface area contributed by atoms with Crippen molar-refractivity contribution >= 4 is 5.91 Å². The maximum atomic E-state index is 12.0. The minimum Gasteiger partial charge on any atom is -0.482 e. The molecule has 5 heteroatoms. The third kappa shape index (κ3) is 3.49. The highest BCUT2D eigenvalue weighted by Crippen LogP contribution is 2.19. The van der Waals surface area contributed by atoms with Crippen LogP contribution < -0.4 is 4.74 Å². The van der Waals surface area contributed by atoms with Gasteiger partial charge in [0.15, 0.2) is 6.61 Å². The van der Waals surface area contributed by atoms with Crippen LogP contribution in [0.2, 0.25) is 0 Å². The zero-order valence-electron chi connectivity index (χ0n) is 11.5. The summed E-state index contributed by atoms with van der Waals surface area (Å²) >= 11 is 0. The van der Waals surface area contributed by atoms with Gasteiger partial charge in [0.25, 0.3) is 5.91 Å². The number of likely N-dealkylation sites (tertiary alicyclic amines) is 1. The average molecular weight is 274 g/mol. The number of ether oxygens (including phenoxy) is 2. The number of methoxy groups -OCH3 is 1. The molecule has 1 aromatic carbocycles. The fraction of sp³-hybridized carbons (Fsp3) is 0.467. The van der Waals surface area contributed by atoms with E-state index in [4.69, 9.17) is 14.7 Å². The van der Waals surface area contributed by atoms with Crippen LogP contribution in [0.4, 0.5) is 0 Å². The number of benzene rings is 1.